The highest BCUT2D eigenvalue weighted by atomic mass is 16.5. The number of nitrogens with zero attached hydrogens (tertiary/aromatic N) is 1. The molecule has 0 saturated heterocycles. The number of amides is 2. The highest BCUT2D eigenvalue weighted by Gasteiger charge is 2.21. The third-order valence-corrected chi connectivity index (χ3v) is 4.34. The Hall–Kier alpha value is -3.08. The second kappa shape index (κ2) is 7.87. The number of carbonyl (C=O) groups is 2. The molecule has 3 rings (SSSR count). The number of rotatable bonds is 4. The first-order valence-electron chi connectivity index (χ1n) is 8.57. The van der Waals surface area contributed by atoms with E-state index in [1.54, 1.807) is 17.0 Å². The molecule has 1 aliphatic heterocycles. The Kier molecular flexibility index (Phi) is 5.37. The summed E-state index contributed by atoms with van der Waals surface area (Å²) >= 11 is 0. The number of carbonyl (C=O) groups excluding carboxylic acids is 2. The lowest BCUT2D eigenvalue weighted by molar-refractivity contribution is -0.116. The van der Waals surface area contributed by atoms with Crippen molar-refractivity contribution < 1.29 is 14.3 Å². The number of aryl methyl sites for hydroxylation is 1. The number of hydrogen-bond donors (Lipinski definition) is 1. The molecule has 1 aliphatic rings. The second-order valence-corrected chi connectivity index (χ2v) is 6.31. The molecule has 0 radical (unpaired) electrons. The molecule has 0 unspecified atom stereocenters. The van der Waals surface area contributed by atoms with Gasteiger partial charge in [0.1, 0.15) is 12.4 Å². The molecule has 0 fully saturated rings. The molecular weight excluding hydrogens is 328 g/mol. The first kappa shape index (κ1) is 17.7. The minimum atomic E-state index is -0.219. The van der Waals surface area contributed by atoms with Gasteiger partial charge in [0.2, 0.25) is 5.91 Å². The Morgan fingerprint density at radius 3 is 2.73 bits per heavy atom. The first-order valence-corrected chi connectivity index (χ1v) is 8.57. The fraction of sp³-hybridized carbons (Fsp3) is 0.238. The summed E-state index contributed by atoms with van der Waals surface area (Å²) in [4.78, 5) is 25.9. The zero-order valence-corrected chi connectivity index (χ0v) is 14.8. The van der Waals surface area contributed by atoms with Gasteiger partial charge < -0.3 is 15.0 Å². The van der Waals surface area contributed by atoms with Gasteiger partial charge in [-0.1, -0.05) is 36.4 Å². The van der Waals surface area contributed by atoms with Gasteiger partial charge in [-0.25, -0.2) is 0 Å². The van der Waals surface area contributed by atoms with Crippen molar-refractivity contribution in [3.05, 3.63) is 77.4 Å². The van der Waals surface area contributed by atoms with E-state index in [0.717, 1.165) is 22.4 Å². The maximum atomic E-state index is 12.9. The molecule has 134 valence electrons. The maximum Gasteiger partial charge on any atom is 0.254 e. The van der Waals surface area contributed by atoms with E-state index < -0.39 is 0 Å². The number of benzene rings is 2. The van der Waals surface area contributed by atoms with Gasteiger partial charge >= 0.3 is 0 Å². The molecule has 0 aromatic heterocycles. The van der Waals surface area contributed by atoms with E-state index in [-0.39, 0.29) is 11.8 Å². The van der Waals surface area contributed by atoms with Crippen molar-refractivity contribution in [1.82, 2.24) is 10.2 Å². The quantitative estimate of drug-likeness (QED) is 0.863. The Morgan fingerprint density at radius 2 is 2.00 bits per heavy atom. The molecule has 0 spiro atoms. The molecule has 26 heavy (non-hydrogen) atoms. The van der Waals surface area contributed by atoms with E-state index in [9.17, 15) is 9.59 Å². The highest BCUT2D eigenvalue weighted by molar-refractivity contribution is 5.94. The summed E-state index contributed by atoms with van der Waals surface area (Å²) in [6.45, 7) is 7.41. The molecule has 2 aromatic rings. The van der Waals surface area contributed by atoms with E-state index in [4.69, 9.17) is 4.74 Å². The van der Waals surface area contributed by atoms with Crippen LogP contribution in [-0.2, 0) is 17.9 Å². The average molecular weight is 350 g/mol. The first-order chi connectivity index (χ1) is 12.6. The van der Waals surface area contributed by atoms with Crippen LogP contribution in [0.2, 0.25) is 0 Å². The summed E-state index contributed by atoms with van der Waals surface area (Å²) in [5.41, 5.74) is 3.73. The Balaban J connectivity index is 1.70. The number of ether oxygens (including phenoxy) is 1. The fourth-order valence-electron chi connectivity index (χ4n) is 2.91. The van der Waals surface area contributed by atoms with E-state index in [0.29, 0.717) is 31.8 Å². The third-order valence-electron chi connectivity index (χ3n) is 4.34. The zero-order valence-electron chi connectivity index (χ0n) is 14.8. The largest absolute Gasteiger partial charge is 0.491 e. The van der Waals surface area contributed by atoms with Crippen molar-refractivity contribution in [2.75, 3.05) is 13.2 Å². The van der Waals surface area contributed by atoms with Crippen molar-refractivity contribution >= 4 is 11.8 Å². The molecule has 0 aliphatic carbocycles. The highest BCUT2D eigenvalue weighted by Crippen LogP contribution is 2.25. The van der Waals surface area contributed by atoms with E-state index in [1.807, 2.05) is 31.2 Å². The number of hydrogen-bond acceptors (Lipinski definition) is 3. The smallest absolute Gasteiger partial charge is 0.254 e. The van der Waals surface area contributed by atoms with Crippen molar-refractivity contribution in [3.63, 3.8) is 0 Å². The predicted molar refractivity (Wildman–Crippen MR) is 99.9 cm³/mol. The summed E-state index contributed by atoms with van der Waals surface area (Å²) in [6, 6.07) is 13.3. The normalized spacial score (nSPS) is 13.2. The Morgan fingerprint density at radius 1 is 1.23 bits per heavy atom. The van der Waals surface area contributed by atoms with Crippen LogP contribution in [0.1, 0.15) is 27.0 Å². The lowest BCUT2D eigenvalue weighted by Gasteiger charge is -2.20. The van der Waals surface area contributed by atoms with Crippen LogP contribution in [0.15, 0.2) is 55.1 Å². The maximum absolute atomic E-state index is 12.9. The van der Waals surface area contributed by atoms with Crippen LogP contribution in [-0.4, -0.2) is 29.9 Å². The summed E-state index contributed by atoms with van der Waals surface area (Å²) in [5.74, 6) is 0.604. The van der Waals surface area contributed by atoms with Crippen LogP contribution >= 0.6 is 0 Å². The SMILES string of the molecule is C=CC(=O)NCc1ccc(C(=O)N2CCOc3ccc(C)cc3C2)cc1. The summed E-state index contributed by atoms with van der Waals surface area (Å²) in [5, 5.41) is 2.72. The van der Waals surface area contributed by atoms with Gasteiger partial charge in [0, 0.05) is 24.2 Å². The number of nitrogens with one attached hydrogen (secondary N) is 1. The van der Waals surface area contributed by atoms with Crippen molar-refractivity contribution in [1.29, 1.82) is 0 Å². The van der Waals surface area contributed by atoms with Gasteiger partial charge in [0.25, 0.3) is 5.91 Å². The average Bonchev–Trinajstić information content (AvgIpc) is 2.87. The molecule has 0 atom stereocenters. The van der Waals surface area contributed by atoms with Gasteiger partial charge in [-0.3, -0.25) is 9.59 Å². The number of fused-ring (bicyclic) bond motifs is 1. The molecule has 2 amide bonds. The lowest BCUT2D eigenvalue weighted by atomic mass is 10.1. The minimum Gasteiger partial charge on any atom is -0.491 e. The van der Waals surface area contributed by atoms with Gasteiger partial charge in [0.15, 0.2) is 0 Å². The summed E-state index contributed by atoms with van der Waals surface area (Å²) < 4.78 is 5.76. The van der Waals surface area contributed by atoms with Crippen LogP contribution in [0.4, 0.5) is 0 Å². The van der Waals surface area contributed by atoms with Crippen LogP contribution in [0, 0.1) is 6.92 Å². The molecule has 5 nitrogen and oxygen atoms in total. The molecular formula is C21H22N2O3. The summed E-state index contributed by atoms with van der Waals surface area (Å²) in [6.07, 6.45) is 1.23. The Bertz CT molecular complexity index is 828. The molecule has 1 heterocycles. The van der Waals surface area contributed by atoms with Crippen molar-refractivity contribution in [2.45, 2.75) is 20.0 Å². The van der Waals surface area contributed by atoms with Crippen LogP contribution < -0.4 is 10.1 Å². The predicted octanol–water partition coefficient (Wildman–Crippen LogP) is 2.83. The molecule has 5 heteroatoms. The van der Waals surface area contributed by atoms with E-state index >= 15 is 0 Å². The third kappa shape index (κ3) is 4.11. The standard InChI is InChI=1S/C21H22N2O3/c1-3-20(24)22-13-16-5-7-17(8-6-16)21(25)23-10-11-26-19-9-4-15(2)12-18(19)14-23/h3-9,12H,1,10-11,13-14H2,2H3,(H,22,24). The van der Waals surface area contributed by atoms with Gasteiger partial charge in [0.05, 0.1) is 6.54 Å². The van der Waals surface area contributed by atoms with E-state index in [1.165, 1.54) is 6.08 Å². The van der Waals surface area contributed by atoms with Gasteiger partial charge in [-0.15, -0.1) is 0 Å². The fourth-order valence-corrected chi connectivity index (χ4v) is 2.91. The second-order valence-electron chi connectivity index (χ2n) is 6.31. The van der Waals surface area contributed by atoms with Crippen LogP contribution in [0.5, 0.6) is 5.75 Å². The van der Waals surface area contributed by atoms with E-state index in [2.05, 4.69) is 18.0 Å². The topological polar surface area (TPSA) is 58.6 Å². The Labute approximate surface area is 153 Å². The summed E-state index contributed by atoms with van der Waals surface area (Å²) in [7, 11) is 0. The van der Waals surface area contributed by atoms with Crippen molar-refractivity contribution in [3.8, 4) is 5.75 Å². The zero-order chi connectivity index (χ0) is 18.5. The minimum absolute atomic E-state index is 0.0235. The monoisotopic (exact) mass is 350 g/mol. The lowest BCUT2D eigenvalue weighted by Crippen LogP contribution is -2.32. The molecule has 0 saturated carbocycles. The molecule has 0 bridgehead atoms. The molecule has 2 aromatic carbocycles. The van der Waals surface area contributed by atoms with Gasteiger partial charge in [-0.05, 0) is 36.8 Å². The van der Waals surface area contributed by atoms with Gasteiger partial charge in [-0.2, -0.15) is 0 Å². The van der Waals surface area contributed by atoms with Crippen LogP contribution in [0.3, 0.4) is 0 Å². The van der Waals surface area contributed by atoms with Crippen LogP contribution in [0.25, 0.3) is 0 Å². The molecule has 1 N–H and O–H groups in total. The van der Waals surface area contributed by atoms with Crippen molar-refractivity contribution in [2.24, 2.45) is 0 Å².